The number of hydrogen-bond donors (Lipinski definition) is 2. The minimum atomic E-state index is 0.199. The van der Waals surface area contributed by atoms with E-state index in [0.717, 1.165) is 53.2 Å². The van der Waals surface area contributed by atoms with Gasteiger partial charge < -0.3 is 20.1 Å². The van der Waals surface area contributed by atoms with Crippen molar-refractivity contribution >= 4 is 16.9 Å². The van der Waals surface area contributed by atoms with Crippen LogP contribution in [0.4, 0.5) is 0 Å². The maximum absolute atomic E-state index is 6.11. The van der Waals surface area contributed by atoms with Crippen LogP contribution >= 0.6 is 0 Å². The van der Waals surface area contributed by atoms with Gasteiger partial charge in [0.15, 0.2) is 5.96 Å². The average molecular weight is 419 g/mol. The zero-order valence-electron chi connectivity index (χ0n) is 18.2. The summed E-state index contributed by atoms with van der Waals surface area (Å²) in [6.07, 6.45) is 4.21. The molecule has 2 heterocycles. The molecular formula is C25H30N4O2. The third-order valence-corrected chi connectivity index (χ3v) is 5.50. The van der Waals surface area contributed by atoms with Gasteiger partial charge in [0, 0.05) is 43.9 Å². The van der Waals surface area contributed by atoms with E-state index in [1.807, 2.05) is 12.3 Å². The number of aromatic nitrogens is 1. The van der Waals surface area contributed by atoms with Gasteiger partial charge in [-0.2, -0.15) is 0 Å². The first-order valence-corrected chi connectivity index (χ1v) is 10.8. The number of guanidine groups is 1. The van der Waals surface area contributed by atoms with Crippen LogP contribution in [0.25, 0.3) is 10.9 Å². The fourth-order valence-electron chi connectivity index (χ4n) is 3.79. The first-order valence-electron chi connectivity index (χ1n) is 10.8. The molecule has 0 aliphatic carbocycles. The lowest BCUT2D eigenvalue weighted by Gasteiger charge is -2.17. The molecule has 1 aromatic heterocycles. The number of nitrogens with one attached hydrogen (secondary N) is 2. The monoisotopic (exact) mass is 418 g/mol. The summed E-state index contributed by atoms with van der Waals surface area (Å²) in [5.41, 5.74) is 4.42. The third-order valence-electron chi connectivity index (χ3n) is 5.50. The van der Waals surface area contributed by atoms with Gasteiger partial charge in [0.1, 0.15) is 12.4 Å². The molecule has 3 aromatic rings. The molecule has 6 nitrogen and oxygen atoms in total. The van der Waals surface area contributed by atoms with Crippen LogP contribution in [-0.2, 0) is 17.8 Å². The molecule has 4 rings (SSSR count). The fraction of sp³-hybridized carbons (Fsp3) is 0.360. The molecule has 1 atom stereocenters. The maximum atomic E-state index is 6.11. The molecule has 1 fully saturated rings. The summed E-state index contributed by atoms with van der Waals surface area (Å²) in [5, 5.41) is 7.93. The standard InChI is InChI=1S/C25H30N4O2/c1-18-10-11-20(23(14-18)31-17-22-9-5-13-30-22)15-28-25(26-2)29-16-21-7-3-6-19-8-4-12-27-24(19)21/h3-4,6-8,10-12,14,22H,5,9,13,15-17H2,1-2H3,(H2,26,28,29). The number of fused-ring (bicyclic) bond motifs is 1. The summed E-state index contributed by atoms with van der Waals surface area (Å²) >= 11 is 0. The Balaban J connectivity index is 1.37. The average Bonchev–Trinajstić information content (AvgIpc) is 3.32. The van der Waals surface area contributed by atoms with Crippen molar-refractivity contribution in [3.63, 3.8) is 0 Å². The van der Waals surface area contributed by atoms with Crippen LogP contribution in [0, 0.1) is 6.92 Å². The maximum Gasteiger partial charge on any atom is 0.191 e. The molecule has 0 radical (unpaired) electrons. The van der Waals surface area contributed by atoms with Crippen LogP contribution in [0.3, 0.4) is 0 Å². The van der Waals surface area contributed by atoms with Gasteiger partial charge in [-0.05, 0) is 43.0 Å². The van der Waals surface area contributed by atoms with E-state index in [9.17, 15) is 0 Å². The Morgan fingerprint density at radius 3 is 2.77 bits per heavy atom. The van der Waals surface area contributed by atoms with E-state index in [1.165, 1.54) is 5.56 Å². The molecule has 1 unspecified atom stereocenters. The predicted octanol–water partition coefficient (Wildman–Crippen LogP) is 3.97. The van der Waals surface area contributed by atoms with Crippen LogP contribution in [0.1, 0.15) is 29.5 Å². The van der Waals surface area contributed by atoms with Gasteiger partial charge in [-0.3, -0.25) is 9.98 Å². The van der Waals surface area contributed by atoms with Crippen LogP contribution in [-0.4, -0.2) is 37.3 Å². The van der Waals surface area contributed by atoms with Crippen LogP contribution in [0.5, 0.6) is 5.75 Å². The summed E-state index contributed by atoms with van der Waals surface area (Å²) in [5.74, 6) is 1.63. The summed E-state index contributed by atoms with van der Waals surface area (Å²) in [6.45, 7) is 4.77. The highest BCUT2D eigenvalue weighted by Crippen LogP contribution is 2.22. The number of aliphatic imine (C=N–C) groups is 1. The molecule has 6 heteroatoms. The summed E-state index contributed by atoms with van der Waals surface area (Å²) in [4.78, 5) is 8.89. The normalized spacial score (nSPS) is 16.5. The van der Waals surface area contributed by atoms with Crippen LogP contribution < -0.4 is 15.4 Å². The van der Waals surface area contributed by atoms with Gasteiger partial charge >= 0.3 is 0 Å². The molecule has 0 spiro atoms. The Kier molecular flexibility index (Phi) is 6.99. The van der Waals surface area contributed by atoms with Crippen LogP contribution in [0.2, 0.25) is 0 Å². The van der Waals surface area contributed by atoms with E-state index in [2.05, 4.69) is 70.0 Å². The van der Waals surface area contributed by atoms with Gasteiger partial charge in [0.2, 0.25) is 0 Å². The van der Waals surface area contributed by atoms with Gasteiger partial charge in [0.25, 0.3) is 0 Å². The van der Waals surface area contributed by atoms with Gasteiger partial charge in [-0.25, -0.2) is 0 Å². The van der Waals surface area contributed by atoms with Crippen molar-refractivity contribution in [2.75, 3.05) is 20.3 Å². The molecule has 2 aromatic carbocycles. The van der Waals surface area contributed by atoms with Crippen molar-refractivity contribution in [3.05, 3.63) is 71.4 Å². The number of hydrogen-bond acceptors (Lipinski definition) is 4. The van der Waals surface area contributed by atoms with E-state index in [4.69, 9.17) is 9.47 Å². The van der Waals surface area contributed by atoms with Crippen molar-refractivity contribution in [3.8, 4) is 5.75 Å². The fourth-order valence-corrected chi connectivity index (χ4v) is 3.79. The topological polar surface area (TPSA) is 67.8 Å². The van der Waals surface area contributed by atoms with Gasteiger partial charge in [0.05, 0.1) is 11.6 Å². The molecule has 2 N–H and O–H groups in total. The molecule has 0 saturated carbocycles. The summed E-state index contributed by atoms with van der Waals surface area (Å²) in [6, 6.07) is 16.6. The Morgan fingerprint density at radius 1 is 1.13 bits per heavy atom. The van der Waals surface area contributed by atoms with Gasteiger partial charge in [-0.1, -0.05) is 36.4 Å². The summed E-state index contributed by atoms with van der Waals surface area (Å²) < 4.78 is 11.8. The lowest BCUT2D eigenvalue weighted by molar-refractivity contribution is 0.0676. The lowest BCUT2D eigenvalue weighted by Crippen LogP contribution is -2.36. The molecule has 0 amide bonds. The molecule has 162 valence electrons. The Morgan fingerprint density at radius 2 is 1.97 bits per heavy atom. The number of aryl methyl sites for hydroxylation is 1. The number of rotatable bonds is 7. The molecule has 31 heavy (non-hydrogen) atoms. The number of para-hydroxylation sites is 1. The SMILES string of the molecule is CN=C(NCc1ccc(C)cc1OCC1CCCO1)NCc1cccc2cccnc12. The third kappa shape index (κ3) is 5.52. The van der Waals surface area contributed by atoms with E-state index in [-0.39, 0.29) is 6.10 Å². The second-order valence-corrected chi connectivity index (χ2v) is 7.83. The lowest BCUT2D eigenvalue weighted by atomic mass is 10.1. The zero-order chi connectivity index (χ0) is 21.5. The highest BCUT2D eigenvalue weighted by atomic mass is 16.5. The minimum absolute atomic E-state index is 0.199. The highest BCUT2D eigenvalue weighted by molar-refractivity contribution is 5.83. The Labute approximate surface area is 183 Å². The summed E-state index contributed by atoms with van der Waals surface area (Å²) in [7, 11) is 1.78. The number of benzene rings is 2. The Bertz CT molecular complexity index is 1040. The van der Waals surface area contributed by atoms with Crippen molar-refractivity contribution in [2.24, 2.45) is 4.99 Å². The smallest absolute Gasteiger partial charge is 0.191 e. The van der Waals surface area contributed by atoms with Crippen LogP contribution in [0.15, 0.2) is 59.7 Å². The van der Waals surface area contributed by atoms with Crippen molar-refractivity contribution in [2.45, 2.75) is 39.0 Å². The number of nitrogens with zero attached hydrogens (tertiary/aromatic N) is 2. The van der Waals surface area contributed by atoms with E-state index in [1.54, 1.807) is 7.05 Å². The quantitative estimate of drug-likeness (QED) is 0.449. The first kappa shape index (κ1) is 21.1. The minimum Gasteiger partial charge on any atom is -0.491 e. The second-order valence-electron chi connectivity index (χ2n) is 7.83. The zero-order valence-corrected chi connectivity index (χ0v) is 18.2. The van der Waals surface area contributed by atoms with E-state index in [0.29, 0.717) is 19.7 Å². The number of pyridine rings is 1. The largest absolute Gasteiger partial charge is 0.491 e. The van der Waals surface area contributed by atoms with Crippen molar-refractivity contribution < 1.29 is 9.47 Å². The molecule has 1 saturated heterocycles. The van der Waals surface area contributed by atoms with Crippen molar-refractivity contribution in [1.29, 1.82) is 0 Å². The molecule has 1 aliphatic heterocycles. The molecular weight excluding hydrogens is 388 g/mol. The second kappa shape index (κ2) is 10.3. The van der Waals surface area contributed by atoms with E-state index >= 15 is 0 Å². The van der Waals surface area contributed by atoms with Crippen molar-refractivity contribution in [1.82, 2.24) is 15.6 Å². The van der Waals surface area contributed by atoms with Gasteiger partial charge in [-0.15, -0.1) is 0 Å². The Hall–Kier alpha value is -3.12. The first-order chi connectivity index (χ1) is 15.2. The highest BCUT2D eigenvalue weighted by Gasteiger charge is 2.17. The van der Waals surface area contributed by atoms with E-state index < -0.39 is 0 Å². The molecule has 1 aliphatic rings. The predicted molar refractivity (Wildman–Crippen MR) is 124 cm³/mol. The number of ether oxygens (including phenoxy) is 2. The molecule has 0 bridgehead atoms.